The summed E-state index contributed by atoms with van der Waals surface area (Å²) in [7, 11) is 1.70. The second-order valence-electron chi connectivity index (χ2n) is 8.35. The molecule has 35 heavy (non-hydrogen) atoms. The van der Waals surface area contributed by atoms with Gasteiger partial charge in [0.05, 0.1) is 19.3 Å². The summed E-state index contributed by atoms with van der Waals surface area (Å²) < 4.78 is 11.4. The molecule has 0 aromatic carbocycles. The third kappa shape index (κ3) is 21.4. The Morgan fingerprint density at radius 2 is 1.89 bits per heavy atom. The van der Waals surface area contributed by atoms with Crippen molar-refractivity contribution < 1.29 is 10.9 Å². The molecule has 0 rings (SSSR count). The van der Waals surface area contributed by atoms with Gasteiger partial charge in [0.25, 0.3) is 0 Å². The number of hydrogen-bond acceptors (Lipinski definition) is 4. The van der Waals surface area contributed by atoms with E-state index in [1.807, 2.05) is 32.1 Å². The van der Waals surface area contributed by atoms with Crippen LogP contribution in [0, 0.1) is 0 Å². The molecular formula is C29H54ClN3O2. The molecular weight excluding hydrogens is 458 g/mol. The second-order valence-corrected chi connectivity index (χ2v) is 8.35. The average molecular weight is 512 g/mol. The molecule has 1 N–H and O–H groups in total. The second kappa shape index (κ2) is 25.4. The minimum atomic E-state index is 0. The first-order chi connectivity index (χ1) is 16.5. The summed E-state index contributed by atoms with van der Waals surface area (Å²) >= 11 is 0. The van der Waals surface area contributed by atoms with Crippen LogP contribution >= 0.6 is 12.4 Å². The molecule has 0 amide bonds. The first-order valence-corrected chi connectivity index (χ1v) is 13.0. The van der Waals surface area contributed by atoms with E-state index in [0.717, 1.165) is 62.7 Å². The van der Waals surface area contributed by atoms with Gasteiger partial charge in [0, 0.05) is 26.5 Å². The Kier molecular flexibility index (Phi) is 25.8. The van der Waals surface area contributed by atoms with Crippen molar-refractivity contribution in [3.63, 3.8) is 0 Å². The van der Waals surface area contributed by atoms with E-state index in [0.29, 0.717) is 6.61 Å². The van der Waals surface area contributed by atoms with Crippen LogP contribution in [0.15, 0.2) is 65.5 Å². The lowest BCUT2D eigenvalue weighted by Crippen LogP contribution is -2.30. The van der Waals surface area contributed by atoms with Gasteiger partial charge in [0.1, 0.15) is 5.84 Å². The first kappa shape index (κ1) is 35.5. The molecule has 1 atom stereocenters. The minimum Gasteiger partial charge on any atom is -0.381 e. The highest BCUT2D eigenvalue weighted by Gasteiger charge is 2.08. The van der Waals surface area contributed by atoms with E-state index in [2.05, 4.69) is 55.8 Å². The molecule has 0 aliphatic carbocycles. The topological polar surface area (TPSA) is 46.1 Å². The molecule has 5 nitrogen and oxygen atoms in total. The Balaban J connectivity index is -0.00000544. The van der Waals surface area contributed by atoms with Gasteiger partial charge in [-0.15, -0.1) is 12.4 Å². The van der Waals surface area contributed by atoms with Gasteiger partial charge in [-0.05, 0) is 64.8 Å². The number of allylic oxidation sites excluding steroid dienone is 6. The maximum atomic E-state index is 6.23. The predicted molar refractivity (Wildman–Crippen MR) is 159 cm³/mol. The van der Waals surface area contributed by atoms with Crippen LogP contribution in [-0.4, -0.2) is 56.8 Å². The van der Waals surface area contributed by atoms with Crippen LogP contribution in [0.3, 0.4) is 0 Å². The lowest BCUT2D eigenvalue weighted by molar-refractivity contribution is 0.0627. The summed E-state index contributed by atoms with van der Waals surface area (Å²) in [5.41, 5.74) is 1.98. The largest absolute Gasteiger partial charge is 0.381 e. The van der Waals surface area contributed by atoms with Crippen LogP contribution in [0.1, 0.15) is 74.6 Å². The van der Waals surface area contributed by atoms with Crippen LogP contribution in [0.4, 0.5) is 0 Å². The molecule has 1 unspecified atom stereocenters. The molecule has 0 fully saturated rings. The molecule has 6 heteroatoms. The highest BCUT2D eigenvalue weighted by molar-refractivity contribution is 5.85. The Hall–Kier alpha value is -1.66. The molecule has 0 aliphatic heterocycles. The van der Waals surface area contributed by atoms with Crippen molar-refractivity contribution in [1.82, 2.24) is 10.2 Å². The molecule has 0 aromatic heterocycles. The number of methoxy groups -OCH3 is 1. The minimum absolute atomic E-state index is 0. The summed E-state index contributed by atoms with van der Waals surface area (Å²) in [6.07, 6.45) is 21.0. The molecule has 0 radical (unpaired) electrons. The summed E-state index contributed by atoms with van der Waals surface area (Å²) in [5, 5.41) is 3.44. The fraction of sp³-hybridized carbons (Fsp3) is 0.621. The van der Waals surface area contributed by atoms with Crippen LogP contribution in [0.5, 0.6) is 0 Å². The lowest BCUT2D eigenvalue weighted by Gasteiger charge is -2.22. The number of nitrogens with zero attached hydrogens (tertiary/aromatic N) is 2. The number of amidine groups is 1. The van der Waals surface area contributed by atoms with E-state index in [1.165, 1.54) is 19.3 Å². The number of halogens is 1. The zero-order valence-electron chi connectivity index (χ0n) is 23.2. The van der Waals surface area contributed by atoms with Gasteiger partial charge < -0.3 is 19.7 Å². The third-order valence-electron chi connectivity index (χ3n) is 5.31. The molecule has 0 aromatic rings. The number of rotatable bonds is 20. The molecule has 0 saturated carbocycles. The van der Waals surface area contributed by atoms with Gasteiger partial charge in [-0.3, -0.25) is 0 Å². The van der Waals surface area contributed by atoms with E-state index in [4.69, 9.17) is 14.5 Å². The average Bonchev–Trinajstić information content (AvgIpc) is 2.82. The monoisotopic (exact) mass is 511 g/mol. The van der Waals surface area contributed by atoms with Crippen molar-refractivity contribution in [2.24, 2.45) is 4.99 Å². The Morgan fingerprint density at radius 3 is 2.51 bits per heavy atom. The molecule has 204 valence electrons. The Bertz CT molecular complexity index is 675. The molecule has 0 aliphatic rings. The zero-order chi connectivity index (χ0) is 25.4. The van der Waals surface area contributed by atoms with Crippen LogP contribution in [0.2, 0.25) is 0 Å². The van der Waals surface area contributed by atoms with Gasteiger partial charge in [0.2, 0.25) is 0 Å². The van der Waals surface area contributed by atoms with Crippen molar-refractivity contribution in [3.05, 3.63) is 60.5 Å². The fourth-order valence-corrected chi connectivity index (χ4v) is 3.37. The SMILES string of the molecule is C=C/C=C/CC/C=C(\C)N=C(C)NC(/C=C\COC)=C/C(CC)OCCN(CC)CCCCC.Cl.[HH]. The van der Waals surface area contributed by atoms with Crippen molar-refractivity contribution in [2.75, 3.05) is 40.0 Å². The smallest absolute Gasteiger partial charge is 0.103 e. The third-order valence-corrected chi connectivity index (χ3v) is 5.31. The van der Waals surface area contributed by atoms with E-state index in [1.54, 1.807) is 13.2 Å². The Labute approximate surface area is 224 Å². The van der Waals surface area contributed by atoms with Crippen molar-refractivity contribution >= 4 is 18.2 Å². The highest BCUT2D eigenvalue weighted by atomic mass is 35.5. The molecule has 0 bridgehead atoms. The number of aliphatic imine (C=N–C) groups is 1. The molecule has 0 spiro atoms. The van der Waals surface area contributed by atoms with Crippen molar-refractivity contribution in [3.8, 4) is 0 Å². The fourth-order valence-electron chi connectivity index (χ4n) is 3.37. The van der Waals surface area contributed by atoms with Gasteiger partial charge in [-0.2, -0.15) is 0 Å². The maximum absolute atomic E-state index is 6.23. The van der Waals surface area contributed by atoms with Crippen LogP contribution < -0.4 is 5.32 Å². The number of ether oxygens (including phenoxy) is 2. The van der Waals surface area contributed by atoms with Gasteiger partial charge in [-0.1, -0.05) is 70.6 Å². The standard InChI is InChI=1S/C29H51N3O2.ClH.H2/c1-8-12-14-15-16-19-26(5)30-27(6)31-28(20-18-23-33-7)25-29(10-3)34-24-22-32(11-4)21-17-13-9-2;;/h8,12,14,18-20,25,29H,1,9-11,13,15-17,21-24H2,2-7H3,(H,30,31);2*1H/b14-12+,20-18-,26-19+,28-25+;;. The maximum Gasteiger partial charge on any atom is 0.103 e. The lowest BCUT2D eigenvalue weighted by atomic mass is 10.2. The number of unbranched alkanes of at least 4 members (excludes halogenated alkanes) is 3. The summed E-state index contributed by atoms with van der Waals surface area (Å²) in [4.78, 5) is 7.17. The molecule has 0 saturated heterocycles. The van der Waals surface area contributed by atoms with Crippen LogP contribution in [0.25, 0.3) is 0 Å². The van der Waals surface area contributed by atoms with Crippen molar-refractivity contribution in [2.45, 2.75) is 79.2 Å². The van der Waals surface area contributed by atoms with Crippen LogP contribution in [-0.2, 0) is 9.47 Å². The molecule has 0 heterocycles. The van der Waals surface area contributed by atoms with E-state index >= 15 is 0 Å². The van der Waals surface area contributed by atoms with E-state index in [9.17, 15) is 0 Å². The normalized spacial score (nSPS) is 14.1. The van der Waals surface area contributed by atoms with Crippen molar-refractivity contribution in [1.29, 1.82) is 0 Å². The number of nitrogens with one attached hydrogen (secondary N) is 1. The number of likely N-dealkylation sites (N-methyl/N-ethyl adjacent to an activating group) is 1. The summed E-state index contributed by atoms with van der Waals surface area (Å²) in [6.45, 7) is 18.8. The highest BCUT2D eigenvalue weighted by Crippen LogP contribution is 2.07. The predicted octanol–water partition coefficient (Wildman–Crippen LogP) is 7.48. The Morgan fingerprint density at radius 1 is 1.11 bits per heavy atom. The van der Waals surface area contributed by atoms with Gasteiger partial charge >= 0.3 is 0 Å². The first-order valence-electron chi connectivity index (χ1n) is 13.0. The quantitative estimate of drug-likeness (QED) is 0.0796. The zero-order valence-corrected chi connectivity index (χ0v) is 24.0. The van der Waals surface area contributed by atoms with E-state index < -0.39 is 0 Å². The van der Waals surface area contributed by atoms with Gasteiger partial charge in [0.15, 0.2) is 0 Å². The van der Waals surface area contributed by atoms with E-state index in [-0.39, 0.29) is 19.9 Å². The van der Waals surface area contributed by atoms with Gasteiger partial charge in [-0.25, -0.2) is 4.99 Å². The summed E-state index contributed by atoms with van der Waals surface area (Å²) in [6, 6.07) is 0. The summed E-state index contributed by atoms with van der Waals surface area (Å²) in [5.74, 6) is 0.853. The number of hydrogen-bond donors (Lipinski definition) is 1.